The molecule has 0 bridgehead atoms. The fourth-order valence-corrected chi connectivity index (χ4v) is 0.834. The molecule has 0 rings (SSSR count). The van der Waals surface area contributed by atoms with Crippen LogP contribution in [-0.2, 0) is 9.30 Å². The smallest absolute Gasteiger partial charge is 0.327 e. The predicted octanol–water partition coefficient (Wildman–Crippen LogP) is 0.533. The van der Waals surface area contributed by atoms with Crippen LogP contribution in [0.5, 0.6) is 0 Å². The van der Waals surface area contributed by atoms with E-state index < -0.39 is 7.60 Å². The topological polar surface area (TPSA) is 66.8 Å². The summed E-state index contributed by atoms with van der Waals surface area (Å²) in [6, 6.07) is 0. The molecule has 0 atom stereocenters. The minimum atomic E-state index is -3.84. The molecule has 0 aliphatic heterocycles. The molecule has 0 aromatic rings. The normalized spacial score (nSPS) is 11.9. The molecule has 0 unspecified atom stereocenters. The van der Waals surface area contributed by atoms with Crippen molar-refractivity contribution in [2.75, 3.05) is 18.3 Å². The lowest BCUT2D eigenvalue weighted by Crippen LogP contribution is -1.98. The van der Waals surface area contributed by atoms with Crippen LogP contribution in [0.25, 0.3) is 0 Å². The van der Waals surface area contributed by atoms with E-state index in [1.54, 1.807) is 0 Å². The first kappa shape index (κ1) is 9.59. The fraction of sp³-hybridized carbons (Fsp3) is 1.00. The summed E-state index contributed by atoms with van der Waals surface area (Å²) >= 11 is 2.94. The van der Waals surface area contributed by atoms with E-state index in [1.807, 2.05) is 0 Å². The molecule has 0 saturated heterocycles. The summed E-state index contributed by atoms with van der Waals surface area (Å²) in [5.41, 5.74) is 0.312. The van der Waals surface area contributed by atoms with Gasteiger partial charge in [0.15, 0.2) is 0 Å². The van der Waals surface area contributed by atoms with Gasteiger partial charge in [-0.1, -0.05) is 15.9 Å². The zero-order chi connectivity index (χ0) is 7.33. The summed E-state index contributed by atoms with van der Waals surface area (Å²) < 4.78 is 14.7. The number of halogens is 1. The molecule has 4 nitrogen and oxygen atoms in total. The first-order valence-corrected chi connectivity index (χ1v) is 5.16. The molecule has 0 amide bonds. The summed E-state index contributed by atoms with van der Waals surface area (Å²) in [6.07, 6.45) is -0.210. The van der Waals surface area contributed by atoms with E-state index in [2.05, 4.69) is 20.7 Å². The van der Waals surface area contributed by atoms with Gasteiger partial charge in [-0.2, -0.15) is 0 Å². The predicted molar refractivity (Wildman–Crippen MR) is 36.7 cm³/mol. The average molecular weight is 219 g/mol. The highest BCUT2D eigenvalue weighted by Crippen LogP contribution is 2.33. The second-order valence-electron chi connectivity index (χ2n) is 1.41. The van der Waals surface area contributed by atoms with E-state index in [0.717, 1.165) is 0 Å². The van der Waals surface area contributed by atoms with Crippen molar-refractivity contribution in [3.63, 3.8) is 0 Å². The van der Waals surface area contributed by atoms with Gasteiger partial charge in [-0.15, -0.1) is 0 Å². The number of hydrogen-bond acceptors (Lipinski definition) is 2. The van der Waals surface area contributed by atoms with Gasteiger partial charge in [0, 0.05) is 0 Å². The van der Waals surface area contributed by atoms with Crippen LogP contribution in [0.1, 0.15) is 0 Å². The lowest BCUT2D eigenvalue weighted by Gasteiger charge is -2.01. The number of alkyl halides is 1. The molecule has 0 aromatic carbocycles. The zero-order valence-electron chi connectivity index (χ0n) is 4.66. The summed E-state index contributed by atoms with van der Waals surface area (Å²) in [4.78, 5) is 16.5. The van der Waals surface area contributed by atoms with Crippen LogP contribution in [0.4, 0.5) is 0 Å². The molecule has 56 valence electrons. The molecule has 0 aromatic heterocycles. The van der Waals surface area contributed by atoms with Crippen LogP contribution >= 0.6 is 23.5 Å². The lowest BCUT2D eigenvalue weighted by molar-refractivity contribution is 0.198. The number of ether oxygens (including phenoxy) is 1. The van der Waals surface area contributed by atoms with Gasteiger partial charge in [0.2, 0.25) is 0 Å². The molecule has 0 radical (unpaired) electrons. The van der Waals surface area contributed by atoms with E-state index in [0.29, 0.717) is 5.52 Å². The highest BCUT2D eigenvalue weighted by molar-refractivity contribution is 9.09. The van der Waals surface area contributed by atoms with Crippen molar-refractivity contribution in [1.29, 1.82) is 0 Å². The third kappa shape index (κ3) is 8.59. The second-order valence-corrected chi connectivity index (χ2v) is 3.64. The average Bonchev–Trinajstić information content (AvgIpc) is 1.63. The quantitative estimate of drug-likeness (QED) is 0.411. The van der Waals surface area contributed by atoms with Crippen LogP contribution in [0.2, 0.25) is 0 Å². The Kier molecular flexibility index (Phi) is 4.70. The van der Waals surface area contributed by atoms with Crippen LogP contribution in [0.3, 0.4) is 0 Å². The Morgan fingerprint density at radius 3 is 2.44 bits per heavy atom. The van der Waals surface area contributed by atoms with Crippen molar-refractivity contribution in [3.05, 3.63) is 0 Å². The van der Waals surface area contributed by atoms with E-state index in [4.69, 9.17) is 9.79 Å². The van der Waals surface area contributed by atoms with Gasteiger partial charge in [-0.05, 0) is 0 Å². The minimum Gasteiger partial charge on any atom is -0.370 e. The third-order valence-electron chi connectivity index (χ3n) is 0.604. The van der Waals surface area contributed by atoms with Gasteiger partial charge in [-0.25, -0.2) is 0 Å². The maximum Gasteiger partial charge on any atom is 0.327 e. The molecule has 0 spiro atoms. The molecule has 0 saturated carbocycles. The Hall–Kier alpha value is 0.590. The molecule has 0 fully saturated rings. The summed E-state index contributed by atoms with van der Waals surface area (Å²) in [5, 5.41) is 0. The Labute approximate surface area is 61.5 Å². The largest absolute Gasteiger partial charge is 0.370 e. The van der Waals surface area contributed by atoms with E-state index >= 15 is 0 Å². The molecule has 0 aliphatic carbocycles. The highest BCUT2D eigenvalue weighted by Gasteiger charge is 2.10. The van der Waals surface area contributed by atoms with E-state index in [-0.39, 0.29) is 12.8 Å². The number of rotatable bonds is 4. The van der Waals surface area contributed by atoms with Crippen LogP contribution in [0, 0.1) is 0 Å². The van der Waals surface area contributed by atoms with Crippen LogP contribution in [0.15, 0.2) is 0 Å². The zero-order valence-corrected chi connectivity index (χ0v) is 7.14. The lowest BCUT2D eigenvalue weighted by atomic mass is 10.9. The summed E-state index contributed by atoms with van der Waals surface area (Å²) in [7, 11) is -3.84. The Morgan fingerprint density at radius 1 is 1.56 bits per heavy atom. The van der Waals surface area contributed by atoms with Crippen molar-refractivity contribution < 1.29 is 19.1 Å². The first-order chi connectivity index (χ1) is 4.06. The summed E-state index contributed by atoms with van der Waals surface area (Å²) in [6.45, 7) is 0.0928. The molecule has 9 heavy (non-hydrogen) atoms. The maximum atomic E-state index is 10.1. The van der Waals surface area contributed by atoms with E-state index in [9.17, 15) is 4.57 Å². The van der Waals surface area contributed by atoms with Crippen molar-refractivity contribution in [3.8, 4) is 0 Å². The molecule has 0 aliphatic rings. The third-order valence-corrected chi connectivity index (χ3v) is 1.69. The Bertz CT molecular complexity index is 110. The highest BCUT2D eigenvalue weighted by atomic mass is 79.9. The van der Waals surface area contributed by atoms with Crippen molar-refractivity contribution in [1.82, 2.24) is 0 Å². The van der Waals surface area contributed by atoms with Crippen molar-refractivity contribution >= 4 is 23.5 Å². The maximum absolute atomic E-state index is 10.1. The monoisotopic (exact) mass is 218 g/mol. The molecule has 2 N–H and O–H groups in total. The second kappa shape index (κ2) is 4.41. The van der Waals surface area contributed by atoms with Crippen LogP contribution in [-0.4, -0.2) is 28.1 Å². The Balaban J connectivity index is 3.18. The SMILES string of the molecule is O=P(O)(O)CCOCBr. The first-order valence-electron chi connectivity index (χ1n) is 2.24. The summed E-state index contributed by atoms with van der Waals surface area (Å²) in [5.74, 6) is 0. The molecular formula is C3H8BrO4P. The molecule has 6 heteroatoms. The van der Waals surface area contributed by atoms with E-state index in [1.165, 1.54) is 0 Å². The minimum absolute atomic E-state index is 0.0928. The van der Waals surface area contributed by atoms with Crippen LogP contribution < -0.4 is 0 Å². The Morgan fingerprint density at radius 2 is 2.11 bits per heavy atom. The van der Waals surface area contributed by atoms with Gasteiger partial charge in [-0.3, -0.25) is 4.57 Å². The van der Waals surface area contributed by atoms with Gasteiger partial charge in [0.1, 0.15) is 5.52 Å². The van der Waals surface area contributed by atoms with Gasteiger partial charge in [0.05, 0.1) is 12.8 Å². The van der Waals surface area contributed by atoms with Gasteiger partial charge in [0.25, 0.3) is 0 Å². The molecule has 0 heterocycles. The van der Waals surface area contributed by atoms with Crippen molar-refractivity contribution in [2.45, 2.75) is 0 Å². The molecular weight excluding hydrogens is 211 g/mol. The number of hydrogen-bond donors (Lipinski definition) is 2. The van der Waals surface area contributed by atoms with Gasteiger partial charge < -0.3 is 14.5 Å². The van der Waals surface area contributed by atoms with Crippen molar-refractivity contribution in [2.24, 2.45) is 0 Å². The standard InChI is InChI=1S/C3H8BrO4P/c4-3-8-1-2-9(5,6)7/h1-3H2,(H2,5,6,7). The fourth-order valence-electron chi connectivity index (χ4n) is 0.238. The van der Waals surface area contributed by atoms with Gasteiger partial charge >= 0.3 is 7.60 Å².